The van der Waals surface area contributed by atoms with Crippen LogP contribution in [0.3, 0.4) is 0 Å². The van der Waals surface area contributed by atoms with E-state index >= 15 is 0 Å². The summed E-state index contributed by atoms with van der Waals surface area (Å²) < 4.78 is 14.8. The molecule has 0 unspecified atom stereocenters. The van der Waals surface area contributed by atoms with Gasteiger partial charge in [0, 0.05) is 11.8 Å². The Morgan fingerprint density at radius 1 is 1.39 bits per heavy atom. The molecule has 2 aromatic rings. The molecular weight excluding hydrogens is 326 g/mol. The van der Waals surface area contributed by atoms with E-state index in [0.717, 1.165) is 4.57 Å². The molecule has 0 aliphatic heterocycles. The maximum atomic E-state index is 13.7. The van der Waals surface area contributed by atoms with Gasteiger partial charge < -0.3 is 4.98 Å². The topological polar surface area (TPSA) is 54.9 Å². The maximum Gasteiger partial charge on any atom is 0.328 e. The fraction of sp³-hybridized carbons (Fsp3) is 0.0909. The normalized spacial score (nSPS) is 10.6. The van der Waals surface area contributed by atoms with Crippen molar-refractivity contribution in [2.75, 3.05) is 0 Å². The average molecular weight is 334 g/mol. The summed E-state index contributed by atoms with van der Waals surface area (Å²) >= 11 is 8.64. The van der Waals surface area contributed by atoms with Crippen molar-refractivity contribution in [1.29, 1.82) is 0 Å². The fourth-order valence-corrected chi connectivity index (χ4v) is 1.99. The molecule has 0 saturated heterocycles. The molecule has 0 saturated carbocycles. The Balaban J connectivity index is 2.53. The molecule has 94 valence electrons. The average Bonchev–Trinajstić information content (AvgIpc) is 2.35. The molecule has 0 atom stereocenters. The summed E-state index contributed by atoms with van der Waals surface area (Å²) in [6, 6.07) is 4.42. The molecule has 1 aromatic carbocycles. The lowest BCUT2D eigenvalue weighted by Crippen LogP contribution is -2.35. The Kier molecular flexibility index (Phi) is 3.68. The van der Waals surface area contributed by atoms with Gasteiger partial charge in [-0.25, -0.2) is 9.18 Å². The van der Waals surface area contributed by atoms with Crippen LogP contribution >= 0.6 is 27.5 Å². The molecule has 18 heavy (non-hydrogen) atoms. The van der Waals surface area contributed by atoms with Gasteiger partial charge >= 0.3 is 5.69 Å². The molecule has 2 rings (SSSR count). The van der Waals surface area contributed by atoms with E-state index in [9.17, 15) is 14.0 Å². The van der Waals surface area contributed by atoms with Crippen LogP contribution < -0.4 is 11.2 Å². The van der Waals surface area contributed by atoms with Crippen LogP contribution in [0.4, 0.5) is 4.39 Å². The van der Waals surface area contributed by atoms with Crippen LogP contribution in [-0.4, -0.2) is 9.55 Å². The lowest BCUT2D eigenvalue weighted by atomic mass is 10.2. The molecule has 0 bridgehead atoms. The van der Waals surface area contributed by atoms with E-state index in [1.54, 1.807) is 6.07 Å². The third kappa shape index (κ3) is 2.39. The molecule has 0 aliphatic rings. The van der Waals surface area contributed by atoms with E-state index < -0.39 is 17.1 Å². The van der Waals surface area contributed by atoms with Gasteiger partial charge in [-0.15, -0.1) is 0 Å². The summed E-state index contributed by atoms with van der Waals surface area (Å²) in [7, 11) is 0. The van der Waals surface area contributed by atoms with E-state index in [4.69, 9.17) is 11.6 Å². The van der Waals surface area contributed by atoms with Gasteiger partial charge in [0.25, 0.3) is 5.56 Å². The van der Waals surface area contributed by atoms with Crippen LogP contribution in [-0.2, 0) is 6.54 Å². The van der Waals surface area contributed by atoms with Crippen molar-refractivity contribution in [1.82, 2.24) is 9.55 Å². The van der Waals surface area contributed by atoms with Crippen LogP contribution in [0.25, 0.3) is 0 Å². The van der Waals surface area contributed by atoms with Gasteiger partial charge in [0.05, 0.1) is 16.0 Å². The molecule has 1 aromatic heterocycles. The van der Waals surface area contributed by atoms with Gasteiger partial charge in [0.15, 0.2) is 0 Å². The number of hydrogen-bond donors (Lipinski definition) is 1. The second-order valence-electron chi connectivity index (χ2n) is 3.55. The van der Waals surface area contributed by atoms with Crippen LogP contribution in [0.15, 0.2) is 38.5 Å². The van der Waals surface area contributed by atoms with Crippen molar-refractivity contribution in [3.8, 4) is 0 Å². The largest absolute Gasteiger partial charge is 0.328 e. The monoisotopic (exact) mass is 332 g/mol. The number of rotatable bonds is 2. The molecule has 0 aliphatic carbocycles. The van der Waals surface area contributed by atoms with Crippen LogP contribution in [0.1, 0.15) is 5.56 Å². The minimum absolute atomic E-state index is 0.0491. The van der Waals surface area contributed by atoms with Gasteiger partial charge in [-0.05, 0) is 22.0 Å². The quantitative estimate of drug-likeness (QED) is 0.915. The third-order valence-corrected chi connectivity index (χ3v) is 3.24. The molecule has 0 fully saturated rings. The highest BCUT2D eigenvalue weighted by Gasteiger charge is 2.10. The zero-order valence-electron chi connectivity index (χ0n) is 8.91. The zero-order chi connectivity index (χ0) is 13.3. The van der Waals surface area contributed by atoms with Gasteiger partial charge in [0.2, 0.25) is 0 Å². The van der Waals surface area contributed by atoms with E-state index in [-0.39, 0.29) is 21.6 Å². The highest BCUT2D eigenvalue weighted by Crippen LogP contribution is 2.18. The molecule has 1 heterocycles. The highest BCUT2D eigenvalue weighted by atomic mass is 79.9. The molecule has 4 nitrogen and oxygen atoms in total. The number of hydrogen-bond acceptors (Lipinski definition) is 2. The zero-order valence-corrected chi connectivity index (χ0v) is 11.3. The number of nitrogens with one attached hydrogen (secondary N) is 1. The first-order chi connectivity index (χ1) is 8.50. The van der Waals surface area contributed by atoms with Gasteiger partial charge in [-0.1, -0.05) is 23.7 Å². The predicted molar refractivity (Wildman–Crippen MR) is 69.5 cm³/mol. The number of nitrogens with zero attached hydrogens (tertiary/aromatic N) is 1. The van der Waals surface area contributed by atoms with Gasteiger partial charge in [-0.2, -0.15) is 0 Å². The maximum absolute atomic E-state index is 13.7. The van der Waals surface area contributed by atoms with E-state index in [0.29, 0.717) is 0 Å². The minimum Gasteiger partial charge on any atom is -0.313 e. The van der Waals surface area contributed by atoms with Crippen LogP contribution in [0, 0.1) is 5.82 Å². The Morgan fingerprint density at radius 2 is 2.11 bits per heavy atom. The van der Waals surface area contributed by atoms with Crippen molar-refractivity contribution in [2.45, 2.75) is 6.54 Å². The summed E-state index contributed by atoms with van der Waals surface area (Å²) in [5.41, 5.74) is -0.964. The number of aromatic amines is 1. The molecule has 1 N–H and O–H groups in total. The predicted octanol–water partition coefficient (Wildman–Crippen LogP) is 2.14. The minimum atomic E-state index is -0.634. The Labute approximate surface area is 114 Å². The first-order valence-electron chi connectivity index (χ1n) is 4.91. The molecule has 0 spiro atoms. The number of aromatic nitrogens is 2. The Bertz CT molecular complexity index is 711. The first kappa shape index (κ1) is 13.0. The highest BCUT2D eigenvalue weighted by molar-refractivity contribution is 9.10. The number of benzene rings is 1. The molecule has 0 radical (unpaired) electrons. The third-order valence-electron chi connectivity index (χ3n) is 2.38. The SMILES string of the molecule is O=c1[nH]cc(Br)c(=O)n1Cc1cccc(Cl)c1F. The van der Waals surface area contributed by atoms with Gasteiger partial charge in [-0.3, -0.25) is 9.36 Å². The second kappa shape index (κ2) is 5.07. The number of halogens is 3. The van der Waals surface area contributed by atoms with Crippen molar-refractivity contribution in [2.24, 2.45) is 0 Å². The fourth-order valence-electron chi connectivity index (χ4n) is 1.47. The summed E-state index contributed by atoms with van der Waals surface area (Å²) in [6.07, 6.45) is 1.25. The molecule has 0 amide bonds. The van der Waals surface area contributed by atoms with E-state index in [1.807, 2.05) is 0 Å². The van der Waals surface area contributed by atoms with Crippen LogP contribution in [0.5, 0.6) is 0 Å². The van der Waals surface area contributed by atoms with Crippen molar-refractivity contribution < 1.29 is 4.39 Å². The molecular formula is C11H7BrClFN2O2. The summed E-state index contributed by atoms with van der Waals surface area (Å²) in [4.78, 5) is 25.6. The first-order valence-corrected chi connectivity index (χ1v) is 6.08. The smallest absolute Gasteiger partial charge is 0.313 e. The standard InChI is InChI=1S/C11H7BrClFN2O2/c12-7-4-15-11(18)16(10(7)17)5-6-2-1-3-8(13)9(6)14/h1-4H,5H2,(H,15,18). The molecule has 7 heteroatoms. The van der Waals surface area contributed by atoms with Gasteiger partial charge in [0.1, 0.15) is 5.82 Å². The summed E-state index contributed by atoms with van der Waals surface area (Å²) in [5, 5.41) is -0.0491. The Hall–Kier alpha value is -1.40. The Morgan fingerprint density at radius 3 is 2.83 bits per heavy atom. The summed E-state index contributed by atoms with van der Waals surface area (Å²) in [6.45, 7) is -0.181. The summed E-state index contributed by atoms with van der Waals surface area (Å²) in [5.74, 6) is -0.634. The van der Waals surface area contributed by atoms with Crippen LogP contribution in [0.2, 0.25) is 5.02 Å². The van der Waals surface area contributed by atoms with Crippen molar-refractivity contribution in [3.63, 3.8) is 0 Å². The van der Waals surface area contributed by atoms with Crippen molar-refractivity contribution in [3.05, 3.63) is 66.1 Å². The van der Waals surface area contributed by atoms with Crippen molar-refractivity contribution >= 4 is 27.5 Å². The second-order valence-corrected chi connectivity index (χ2v) is 4.81. The number of H-pyrrole nitrogens is 1. The lowest BCUT2D eigenvalue weighted by molar-refractivity contribution is 0.588. The lowest BCUT2D eigenvalue weighted by Gasteiger charge is -2.06. The van der Waals surface area contributed by atoms with E-state index in [1.165, 1.54) is 18.3 Å². The van der Waals surface area contributed by atoms with E-state index in [2.05, 4.69) is 20.9 Å².